The van der Waals surface area contributed by atoms with E-state index in [0.717, 1.165) is 58.4 Å². The minimum atomic E-state index is -0.984. The molecular weight excluding hydrogens is 945 g/mol. The van der Waals surface area contributed by atoms with E-state index in [0.29, 0.717) is 45.3 Å². The van der Waals surface area contributed by atoms with Crippen LogP contribution in [0.1, 0.15) is 69.1 Å². The number of thiazole rings is 1. The molecule has 1 saturated carbocycles. The van der Waals surface area contributed by atoms with Gasteiger partial charge in [0.2, 0.25) is 23.7 Å². The molecular formula is C50H68N12O9S. The van der Waals surface area contributed by atoms with Crippen molar-refractivity contribution in [3.05, 3.63) is 71.6 Å². The molecule has 5 atom stereocenters. The number of carbonyl (C=O) groups is 4. The number of benzene rings is 2. The number of carbonyl (C=O) groups excluding carboxylic acids is 4. The second-order valence-corrected chi connectivity index (χ2v) is 20.0. The van der Waals surface area contributed by atoms with Gasteiger partial charge in [-0.05, 0) is 61.1 Å². The summed E-state index contributed by atoms with van der Waals surface area (Å²) < 4.78 is 24.7. The van der Waals surface area contributed by atoms with Gasteiger partial charge in [-0.25, -0.2) is 4.98 Å². The number of likely N-dealkylation sites (tertiary alicyclic amines) is 1. The standard InChI is InChI=1S/C50H68N12O9S/c1-31-43(72-30-53-31)32-13-15-33(16-14-32)60(5)47(66)40-27-34(63)28-62(40)48(67)44(50(2,3)4)56-41(64)29-71-26-25-70-24-23-69-22-21-68-20-19-61-18-17-35-37(11-8-12-39(35)61)54-46-42(45(52)65)58-59-49(57-46)55-38-10-7-6-9-36(38)51/h8,11-18,30,34,36,38,40,44,63H,6-7,9-10,19-29,51H2,1-5H3,(H2,52,65)(H,56,64)(H2,54,55,57,59)/t34-,36+,38-,40+,44-/m1/s1. The third kappa shape index (κ3) is 13.9. The molecule has 7 rings (SSSR count). The van der Waals surface area contributed by atoms with Crippen molar-refractivity contribution in [1.29, 1.82) is 0 Å². The number of nitrogens with zero attached hydrogens (tertiary/aromatic N) is 7. The predicted octanol–water partition coefficient (Wildman–Crippen LogP) is 4.00. The van der Waals surface area contributed by atoms with Crippen molar-refractivity contribution in [3.63, 3.8) is 0 Å². The normalized spacial score (nSPS) is 18.5. The smallest absolute Gasteiger partial charge is 0.273 e. The number of aliphatic hydroxyl groups excluding tert-OH is 1. The van der Waals surface area contributed by atoms with E-state index in [1.165, 1.54) is 9.80 Å². The fourth-order valence-corrected chi connectivity index (χ4v) is 9.67. The molecule has 388 valence electrons. The minimum Gasteiger partial charge on any atom is -0.391 e. The maximum Gasteiger partial charge on any atom is 0.273 e. The summed E-state index contributed by atoms with van der Waals surface area (Å²) in [6, 6.07) is 13.4. The van der Waals surface area contributed by atoms with Crippen molar-refractivity contribution >= 4 is 69.0 Å². The van der Waals surface area contributed by atoms with Crippen molar-refractivity contribution < 1.29 is 43.2 Å². The molecule has 0 spiro atoms. The molecule has 3 aromatic heterocycles. The Kier molecular flexibility index (Phi) is 18.6. The number of aromatic nitrogens is 5. The van der Waals surface area contributed by atoms with Crippen LogP contribution in [0.3, 0.4) is 0 Å². The number of nitrogens with two attached hydrogens (primary N) is 2. The summed E-state index contributed by atoms with van der Waals surface area (Å²) in [4.78, 5) is 66.0. The summed E-state index contributed by atoms with van der Waals surface area (Å²) in [5.41, 5.74) is 17.2. The Labute approximate surface area is 423 Å². The first kappa shape index (κ1) is 53.7. The number of amides is 4. The Hall–Kier alpha value is -6.14. The van der Waals surface area contributed by atoms with Crippen LogP contribution in [0, 0.1) is 12.3 Å². The topological polar surface area (TPSA) is 277 Å². The van der Waals surface area contributed by atoms with Gasteiger partial charge in [-0.3, -0.25) is 19.2 Å². The van der Waals surface area contributed by atoms with Crippen LogP contribution >= 0.6 is 11.3 Å². The molecule has 5 aromatic rings. The number of β-amino-alcohol motifs (C(OH)–C–C–N with tert-alkyl or cyclic N) is 1. The van der Waals surface area contributed by atoms with Crippen molar-refractivity contribution in [2.45, 2.75) is 96.6 Å². The van der Waals surface area contributed by atoms with Crippen LogP contribution in [0.2, 0.25) is 0 Å². The molecule has 22 heteroatoms. The summed E-state index contributed by atoms with van der Waals surface area (Å²) in [6.07, 6.45) is 5.11. The number of rotatable bonds is 24. The molecule has 0 bridgehead atoms. The van der Waals surface area contributed by atoms with Gasteiger partial charge < -0.3 is 65.8 Å². The van der Waals surface area contributed by atoms with Gasteiger partial charge in [-0.1, -0.05) is 51.8 Å². The van der Waals surface area contributed by atoms with Gasteiger partial charge >= 0.3 is 0 Å². The van der Waals surface area contributed by atoms with Crippen LogP contribution in [0.5, 0.6) is 0 Å². The second kappa shape index (κ2) is 25.0. The van der Waals surface area contributed by atoms with Gasteiger partial charge in [0.25, 0.3) is 5.91 Å². The third-order valence-electron chi connectivity index (χ3n) is 12.8. The molecule has 0 unspecified atom stereocenters. The largest absolute Gasteiger partial charge is 0.391 e. The van der Waals surface area contributed by atoms with Gasteiger partial charge in [0, 0.05) is 61.6 Å². The average Bonchev–Trinajstić information content (AvgIpc) is 4.10. The first-order valence-electron chi connectivity index (χ1n) is 24.4. The van der Waals surface area contributed by atoms with Crippen LogP contribution in [-0.4, -0.2) is 155 Å². The Balaban J connectivity index is 0.772. The average molecular weight is 1010 g/mol. The lowest BCUT2D eigenvalue weighted by Gasteiger charge is -2.36. The highest BCUT2D eigenvalue weighted by Crippen LogP contribution is 2.32. The molecule has 4 heterocycles. The van der Waals surface area contributed by atoms with Gasteiger partial charge in [0.1, 0.15) is 18.7 Å². The lowest BCUT2D eigenvalue weighted by atomic mass is 9.85. The fraction of sp³-hybridized carbons (Fsp3) is 0.520. The number of anilines is 4. The van der Waals surface area contributed by atoms with Crippen LogP contribution in [0.4, 0.5) is 23.1 Å². The number of aliphatic hydroxyl groups is 1. The van der Waals surface area contributed by atoms with Gasteiger partial charge in [-0.15, -0.1) is 21.5 Å². The lowest BCUT2D eigenvalue weighted by Crippen LogP contribution is -2.58. The summed E-state index contributed by atoms with van der Waals surface area (Å²) >= 11 is 1.54. The Morgan fingerprint density at radius 1 is 0.931 bits per heavy atom. The van der Waals surface area contributed by atoms with Crippen LogP contribution in [-0.2, 0) is 39.9 Å². The highest BCUT2D eigenvalue weighted by atomic mass is 32.1. The third-order valence-corrected chi connectivity index (χ3v) is 13.8. The number of ether oxygens (including phenoxy) is 4. The highest BCUT2D eigenvalue weighted by molar-refractivity contribution is 7.13. The molecule has 8 N–H and O–H groups in total. The molecule has 2 aromatic carbocycles. The summed E-state index contributed by atoms with van der Waals surface area (Å²) in [6.45, 7) is 9.92. The number of likely N-dealkylation sites (N-methyl/N-ethyl adjacent to an activating group) is 1. The lowest BCUT2D eigenvalue weighted by molar-refractivity contribution is -0.144. The number of aryl methyl sites for hydroxylation is 1. The van der Waals surface area contributed by atoms with E-state index in [1.54, 1.807) is 23.9 Å². The number of nitrogens with one attached hydrogen (secondary N) is 3. The minimum absolute atomic E-state index is 0.00985. The van der Waals surface area contributed by atoms with Crippen LogP contribution < -0.4 is 32.3 Å². The fourth-order valence-electron chi connectivity index (χ4n) is 8.86. The number of hydrogen-bond donors (Lipinski definition) is 6. The Morgan fingerprint density at radius 3 is 2.29 bits per heavy atom. The van der Waals surface area contributed by atoms with Crippen molar-refractivity contribution in [2.75, 3.05) is 82.0 Å². The summed E-state index contributed by atoms with van der Waals surface area (Å²) in [5.74, 6) is -1.56. The van der Waals surface area contributed by atoms with Crippen molar-refractivity contribution in [3.8, 4) is 10.4 Å². The Morgan fingerprint density at radius 2 is 1.62 bits per heavy atom. The maximum absolute atomic E-state index is 14.1. The van der Waals surface area contributed by atoms with E-state index in [2.05, 4.69) is 40.7 Å². The second-order valence-electron chi connectivity index (χ2n) is 19.1. The van der Waals surface area contributed by atoms with E-state index in [4.69, 9.17) is 30.4 Å². The zero-order valence-corrected chi connectivity index (χ0v) is 42.5. The summed E-state index contributed by atoms with van der Waals surface area (Å²) in [5, 5.41) is 29.1. The first-order valence-corrected chi connectivity index (χ1v) is 25.3. The zero-order chi connectivity index (χ0) is 51.4. The molecule has 72 heavy (non-hydrogen) atoms. The summed E-state index contributed by atoms with van der Waals surface area (Å²) in [7, 11) is 1.65. The van der Waals surface area contributed by atoms with Gasteiger partial charge in [-0.2, -0.15) is 4.98 Å². The predicted molar refractivity (Wildman–Crippen MR) is 274 cm³/mol. The highest BCUT2D eigenvalue weighted by Gasteiger charge is 2.45. The molecule has 2 fully saturated rings. The van der Waals surface area contributed by atoms with E-state index >= 15 is 0 Å². The maximum atomic E-state index is 14.1. The molecule has 1 saturated heterocycles. The van der Waals surface area contributed by atoms with E-state index in [-0.39, 0.29) is 68.2 Å². The van der Waals surface area contributed by atoms with Crippen LogP contribution in [0.15, 0.2) is 60.2 Å². The monoisotopic (exact) mass is 1010 g/mol. The van der Waals surface area contributed by atoms with E-state index < -0.39 is 41.3 Å². The molecule has 0 radical (unpaired) electrons. The quantitative estimate of drug-likeness (QED) is 0.0477. The van der Waals surface area contributed by atoms with E-state index in [9.17, 15) is 24.3 Å². The Bertz CT molecular complexity index is 2620. The number of fused-ring (bicyclic) bond motifs is 1. The van der Waals surface area contributed by atoms with Crippen molar-refractivity contribution in [1.82, 2.24) is 34.9 Å². The molecule has 21 nitrogen and oxygen atoms in total. The van der Waals surface area contributed by atoms with Crippen LogP contribution in [0.25, 0.3) is 21.3 Å². The van der Waals surface area contributed by atoms with Gasteiger partial charge in [0.05, 0.1) is 74.0 Å². The van der Waals surface area contributed by atoms with Gasteiger partial charge in [0.15, 0.2) is 11.5 Å². The molecule has 2 aliphatic rings. The molecule has 1 aliphatic heterocycles. The zero-order valence-electron chi connectivity index (χ0n) is 41.7. The number of primary amides is 1. The van der Waals surface area contributed by atoms with E-state index in [1.807, 2.05) is 82.4 Å². The molecule has 4 amide bonds. The molecule has 1 aliphatic carbocycles. The SMILES string of the molecule is Cc1ncsc1-c1ccc(N(C)C(=O)[C@@H]2C[C@@H](O)CN2C(=O)[C@@H](NC(=O)COCCOCCOCCOCCn2ccc3c(Nc4nc(N[C@@H]5CCCC[C@@H]5N)nnc4C(N)=O)cccc32)C(C)(C)C)cc1. The van der Waals surface area contributed by atoms with Crippen molar-refractivity contribution in [2.24, 2.45) is 16.9 Å². The number of hydrogen-bond acceptors (Lipinski definition) is 17. The first-order chi connectivity index (χ1) is 34.6.